The summed E-state index contributed by atoms with van der Waals surface area (Å²) in [6.07, 6.45) is 0. The Morgan fingerprint density at radius 2 is 1.95 bits per heavy atom. The molecule has 0 aliphatic rings. The van der Waals surface area contributed by atoms with Crippen molar-refractivity contribution in [1.29, 1.82) is 0 Å². The number of rotatable bonds is 3. The summed E-state index contributed by atoms with van der Waals surface area (Å²) in [6.45, 7) is 0.365. The lowest BCUT2D eigenvalue weighted by Crippen LogP contribution is -1.95. The number of phenols is 1. The van der Waals surface area contributed by atoms with E-state index in [0.29, 0.717) is 17.4 Å². The van der Waals surface area contributed by atoms with E-state index in [0.717, 1.165) is 16.6 Å². The lowest BCUT2D eigenvalue weighted by molar-refractivity contribution is 0.286. The van der Waals surface area contributed by atoms with E-state index < -0.39 is 0 Å². The van der Waals surface area contributed by atoms with Crippen LogP contribution in [0.3, 0.4) is 0 Å². The van der Waals surface area contributed by atoms with Gasteiger partial charge in [-0.05, 0) is 36.4 Å². The first kappa shape index (κ1) is 11.9. The van der Waals surface area contributed by atoms with Crippen LogP contribution in [0, 0.1) is 0 Å². The van der Waals surface area contributed by atoms with Crippen LogP contribution in [0.5, 0.6) is 11.5 Å². The molecule has 96 valence electrons. The molecule has 2 aromatic carbocycles. The summed E-state index contributed by atoms with van der Waals surface area (Å²) in [4.78, 5) is 3.25. The maximum Gasteiger partial charge on any atom is 0.161 e. The number of phenolic OH excluding ortho intramolecular Hbond substituents is 1. The number of ether oxygens (including phenoxy) is 1. The molecule has 0 atom stereocenters. The number of aromatic nitrogens is 1. The molecule has 0 bridgehead atoms. The second-order valence-electron chi connectivity index (χ2n) is 4.28. The van der Waals surface area contributed by atoms with E-state index in [4.69, 9.17) is 16.3 Å². The average molecular weight is 274 g/mol. The van der Waals surface area contributed by atoms with Crippen molar-refractivity contribution in [3.8, 4) is 11.5 Å². The summed E-state index contributed by atoms with van der Waals surface area (Å²) < 4.78 is 5.57. The van der Waals surface area contributed by atoms with Crippen LogP contribution in [0.2, 0.25) is 5.02 Å². The Morgan fingerprint density at radius 1 is 1.11 bits per heavy atom. The Bertz CT molecular complexity index is 721. The maximum atomic E-state index is 9.61. The van der Waals surface area contributed by atoms with E-state index in [1.165, 1.54) is 0 Å². The third-order valence-electron chi connectivity index (χ3n) is 2.89. The summed E-state index contributed by atoms with van der Waals surface area (Å²) in [5, 5.41) is 11.4. The summed E-state index contributed by atoms with van der Waals surface area (Å²) in [5.74, 6) is 0.612. The van der Waals surface area contributed by atoms with Crippen LogP contribution >= 0.6 is 11.6 Å². The molecule has 0 saturated carbocycles. The molecule has 0 spiro atoms. The van der Waals surface area contributed by atoms with Crippen molar-refractivity contribution in [2.75, 3.05) is 0 Å². The quantitative estimate of drug-likeness (QED) is 0.754. The molecular formula is C15H12ClNO2. The molecule has 0 aliphatic carbocycles. The van der Waals surface area contributed by atoms with Gasteiger partial charge >= 0.3 is 0 Å². The van der Waals surface area contributed by atoms with Crippen LogP contribution in [0.1, 0.15) is 5.69 Å². The number of fused-ring (bicyclic) bond motifs is 1. The predicted molar refractivity (Wildman–Crippen MR) is 75.7 cm³/mol. The SMILES string of the molecule is Oc1ccccc1OCc1cc2cc(Cl)ccc2[nH]1. The molecular weight excluding hydrogens is 262 g/mol. The summed E-state index contributed by atoms with van der Waals surface area (Å²) in [6, 6.07) is 14.6. The number of benzene rings is 2. The van der Waals surface area contributed by atoms with Crippen molar-refractivity contribution in [3.05, 3.63) is 59.2 Å². The Hall–Kier alpha value is -2.13. The molecule has 1 heterocycles. The molecule has 0 unspecified atom stereocenters. The Morgan fingerprint density at radius 3 is 2.79 bits per heavy atom. The van der Waals surface area contributed by atoms with Crippen molar-refractivity contribution < 1.29 is 9.84 Å². The molecule has 1 aromatic heterocycles. The largest absolute Gasteiger partial charge is 0.504 e. The van der Waals surface area contributed by atoms with Gasteiger partial charge in [-0.15, -0.1) is 0 Å². The molecule has 3 nitrogen and oxygen atoms in total. The Labute approximate surface area is 115 Å². The van der Waals surface area contributed by atoms with Gasteiger partial charge in [0, 0.05) is 15.9 Å². The van der Waals surface area contributed by atoms with Crippen molar-refractivity contribution in [3.63, 3.8) is 0 Å². The van der Waals surface area contributed by atoms with E-state index in [-0.39, 0.29) is 5.75 Å². The van der Waals surface area contributed by atoms with E-state index in [1.54, 1.807) is 18.2 Å². The predicted octanol–water partition coefficient (Wildman–Crippen LogP) is 4.11. The number of halogens is 1. The van der Waals surface area contributed by atoms with Gasteiger partial charge in [-0.3, -0.25) is 0 Å². The lowest BCUT2D eigenvalue weighted by Gasteiger charge is -2.05. The van der Waals surface area contributed by atoms with Crippen LogP contribution in [0.4, 0.5) is 0 Å². The Balaban J connectivity index is 1.80. The van der Waals surface area contributed by atoms with Crippen LogP contribution in [-0.4, -0.2) is 10.1 Å². The molecule has 0 aliphatic heterocycles. The van der Waals surface area contributed by atoms with Gasteiger partial charge < -0.3 is 14.8 Å². The third kappa shape index (κ3) is 2.51. The highest BCUT2D eigenvalue weighted by molar-refractivity contribution is 6.31. The first-order valence-corrected chi connectivity index (χ1v) is 6.28. The van der Waals surface area contributed by atoms with Gasteiger partial charge in [-0.25, -0.2) is 0 Å². The van der Waals surface area contributed by atoms with E-state index >= 15 is 0 Å². The molecule has 0 radical (unpaired) electrons. The van der Waals surface area contributed by atoms with Crippen LogP contribution in [0.25, 0.3) is 10.9 Å². The van der Waals surface area contributed by atoms with Crippen LogP contribution in [0.15, 0.2) is 48.5 Å². The fraction of sp³-hybridized carbons (Fsp3) is 0.0667. The van der Waals surface area contributed by atoms with E-state index in [9.17, 15) is 5.11 Å². The first-order valence-electron chi connectivity index (χ1n) is 5.90. The molecule has 0 fully saturated rings. The standard InChI is InChI=1S/C15H12ClNO2/c16-11-5-6-13-10(7-11)8-12(17-13)9-19-15-4-2-1-3-14(15)18/h1-8,17-18H,9H2. The lowest BCUT2D eigenvalue weighted by atomic mass is 10.2. The molecule has 4 heteroatoms. The zero-order valence-corrected chi connectivity index (χ0v) is 10.8. The molecule has 0 saturated heterocycles. The van der Waals surface area contributed by atoms with Crippen molar-refractivity contribution in [1.82, 2.24) is 4.98 Å². The van der Waals surface area contributed by atoms with Gasteiger partial charge in [-0.1, -0.05) is 23.7 Å². The number of aromatic amines is 1. The van der Waals surface area contributed by atoms with E-state index in [2.05, 4.69) is 4.98 Å². The minimum atomic E-state index is 0.140. The minimum Gasteiger partial charge on any atom is -0.504 e. The first-order chi connectivity index (χ1) is 9.22. The minimum absolute atomic E-state index is 0.140. The number of H-pyrrole nitrogens is 1. The fourth-order valence-corrected chi connectivity index (χ4v) is 2.16. The van der Waals surface area contributed by atoms with Gasteiger partial charge in [0.15, 0.2) is 11.5 Å². The fourth-order valence-electron chi connectivity index (χ4n) is 1.98. The molecule has 3 aromatic rings. The molecule has 2 N–H and O–H groups in total. The number of aromatic hydroxyl groups is 1. The van der Waals surface area contributed by atoms with Crippen LogP contribution in [-0.2, 0) is 6.61 Å². The topological polar surface area (TPSA) is 45.2 Å². The van der Waals surface area contributed by atoms with Crippen molar-refractivity contribution in [2.45, 2.75) is 6.61 Å². The van der Waals surface area contributed by atoms with Crippen LogP contribution < -0.4 is 4.74 Å². The Kier molecular flexibility index (Phi) is 3.05. The van der Waals surface area contributed by atoms with Gasteiger partial charge in [-0.2, -0.15) is 0 Å². The number of para-hydroxylation sites is 2. The van der Waals surface area contributed by atoms with Crippen molar-refractivity contribution in [2.24, 2.45) is 0 Å². The highest BCUT2D eigenvalue weighted by Gasteiger charge is 2.04. The molecule has 3 rings (SSSR count). The zero-order chi connectivity index (χ0) is 13.2. The monoisotopic (exact) mass is 273 g/mol. The molecule has 19 heavy (non-hydrogen) atoms. The van der Waals surface area contributed by atoms with Gasteiger partial charge in [0.2, 0.25) is 0 Å². The smallest absolute Gasteiger partial charge is 0.161 e. The number of hydrogen-bond acceptors (Lipinski definition) is 2. The molecule has 0 amide bonds. The van der Waals surface area contributed by atoms with Gasteiger partial charge in [0.25, 0.3) is 0 Å². The highest BCUT2D eigenvalue weighted by atomic mass is 35.5. The third-order valence-corrected chi connectivity index (χ3v) is 3.12. The van der Waals surface area contributed by atoms with Gasteiger partial charge in [0.05, 0.1) is 5.69 Å². The second kappa shape index (κ2) is 4.86. The number of nitrogens with one attached hydrogen (secondary N) is 1. The van der Waals surface area contributed by atoms with Gasteiger partial charge in [0.1, 0.15) is 6.61 Å². The highest BCUT2D eigenvalue weighted by Crippen LogP contribution is 2.26. The maximum absolute atomic E-state index is 9.61. The number of hydrogen-bond donors (Lipinski definition) is 2. The summed E-state index contributed by atoms with van der Waals surface area (Å²) in [7, 11) is 0. The normalized spacial score (nSPS) is 10.8. The zero-order valence-electron chi connectivity index (χ0n) is 10.1. The summed E-state index contributed by atoms with van der Waals surface area (Å²) in [5.41, 5.74) is 1.95. The van der Waals surface area contributed by atoms with E-state index in [1.807, 2.05) is 30.3 Å². The second-order valence-corrected chi connectivity index (χ2v) is 4.72. The summed E-state index contributed by atoms with van der Waals surface area (Å²) >= 11 is 5.94. The van der Waals surface area contributed by atoms with Crippen molar-refractivity contribution >= 4 is 22.5 Å². The average Bonchev–Trinajstić information content (AvgIpc) is 2.79.